The molecular weight excluding hydrogens is 264 g/mol. The number of hydrogen-bond donors (Lipinski definition) is 1. The second-order valence-corrected chi connectivity index (χ2v) is 7.70. The fraction of sp³-hybridized carbons (Fsp3) is 0.769. The summed E-state index contributed by atoms with van der Waals surface area (Å²) in [6.07, 6.45) is 4.11. The Labute approximate surface area is 114 Å². The molecule has 108 valence electrons. The van der Waals surface area contributed by atoms with Gasteiger partial charge >= 0.3 is 0 Å². The van der Waals surface area contributed by atoms with Crippen molar-refractivity contribution in [1.82, 2.24) is 10.3 Å². The van der Waals surface area contributed by atoms with E-state index in [1.165, 1.54) is 0 Å². The maximum absolute atomic E-state index is 11.4. The molecule has 1 fully saturated rings. The van der Waals surface area contributed by atoms with Crippen LogP contribution in [-0.2, 0) is 16.3 Å². The maximum Gasteiger partial charge on any atom is 0.194 e. The Morgan fingerprint density at radius 1 is 1.53 bits per heavy atom. The van der Waals surface area contributed by atoms with Crippen LogP contribution in [0.4, 0.5) is 0 Å². The van der Waals surface area contributed by atoms with E-state index >= 15 is 0 Å². The van der Waals surface area contributed by atoms with E-state index in [-0.39, 0.29) is 17.4 Å². The molecule has 0 aliphatic carbocycles. The molecule has 1 aliphatic rings. The van der Waals surface area contributed by atoms with Gasteiger partial charge in [0, 0.05) is 18.4 Å². The van der Waals surface area contributed by atoms with Gasteiger partial charge in [-0.25, -0.2) is 13.4 Å². The quantitative estimate of drug-likeness (QED) is 0.803. The highest BCUT2D eigenvalue weighted by Crippen LogP contribution is 2.29. The number of sulfone groups is 1. The SMILES string of the molecule is CC(C)NCCCc1ncc(C2CCS(=O)(=O)C2)o1. The van der Waals surface area contributed by atoms with Gasteiger partial charge in [0.15, 0.2) is 15.7 Å². The van der Waals surface area contributed by atoms with Crippen molar-refractivity contribution in [1.29, 1.82) is 0 Å². The second-order valence-electron chi connectivity index (χ2n) is 5.47. The molecule has 19 heavy (non-hydrogen) atoms. The van der Waals surface area contributed by atoms with Gasteiger partial charge in [0.2, 0.25) is 0 Å². The molecule has 6 heteroatoms. The average Bonchev–Trinajstić information content (AvgIpc) is 2.90. The maximum atomic E-state index is 11.4. The van der Waals surface area contributed by atoms with Crippen molar-refractivity contribution in [2.45, 2.75) is 45.1 Å². The number of rotatable bonds is 6. The molecule has 0 spiro atoms. The zero-order chi connectivity index (χ0) is 13.9. The summed E-state index contributed by atoms with van der Waals surface area (Å²) in [4.78, 5) is 4.24. The number of aromatic nitrogens is 1. The molecule has 1 atom stereocenters. The van der Waals surface area contributed by atoms with Crippen molar-refractivity contribution in [2.75, 3.05) is 18.1 Å². The van der Waals surface area contributed by atoms with Crippen molar-refractivity contribution in [2.24, 2.45) is 0 Å². The summed E-state index contributed by atoms with van der Waals surface area (Å²) < 4.78 is 28.5. The number of oxazole rings is 1. The van der Waals surface area contributed by atoms with Crippen LogP contribution in [0.5, 0.6) is 0 Å². The van der Waals surface area contributed by atoms with E-state index in [1.54, 1.807) is 6.20 Å². The van der Waals surface area contributed by atoms with Crippen molar-refractivity contribution >= 4 is 9.84 Å². The fourth-order valence-electron chi connectivity index (χ4n) is 2.28. The van der Waals surface area contributed by atoms with Crippen molar-refractivity contribution in [3.05, 3.63) is 17.8 Å². The first kappa shape index (κ1) is 14.5. The van der Waals surface area contributed by atoms with E-state index in [0.717, 1.165) is 25.1 Å². The van der Waals surface area contributed by atoms with Crippen LogP contribution in [-0.4, -0.2) is 37.5 Å². The van der Waals surface area contributed by atoms with Gasteiger partial charge in [0.1, 0.15) is 5.76 Å². The highest BCUT2D eigenvalue weighted by atomic mass is 32.2. The molecule has 0 amide bonds. The molecule has 0 bridgehead atoms. The van der Waals surface area contributed by atoms with E-state index in [2.05, 4.69) is 24.1 Å². The van der Waals surface area contributed by atoms with Crippen molar-refractivity contribution in [3.8, 4) is 0 Å². The standard InChI is InChI=1S/C13H22N2O3S/c1-10(2)14-6-3-4-13-15-8-12(18-13)11-5-7-19(16,17)9-11/h8,10-11,14H,3-7,9H2,1-2H3. The van der Waals surface area contributed by atoms with Crippen LogP contribution in [0.2, 0.25) is 0 Å². The summed E-state index contributed by atoms with van der Waals surface area (Å²) in [5, 5.41) is 3.34. The van der Waals surface area contributed by atoms with E-state index < -0.39 is 9.84 Å². The lowest BCUT2D eigenvalue weighted by Crippen LogP contribution is -2.23. The average molecular weight is 286 g/mol. The van der Waals surface area contributed by atoms with Gasteiger partial charge in [-0.05, 0) is 19.4 Å². The predicted octanol–water partition coefficient (Wildman–Crippen LogP) is 1.51. The third-order valence-electron chi connectivity index (χ3n) is 3.33. The molecule has 1 aliphatic heterocycles. The predicted molar refractivity (Wildman–Crippen MR) is 74.0 cm³/mol. The Balaban J connectivity index is 1.82. The molecule has 1 aromatic heterocycles. The fourth-order valence-corrected chi connectivity index (χ4v) is 4.03. The van der Waals surface area contributed by atoms with Crippen LogP contribution >= 0.6 is 0 Å². The topological polar surface area (TPSA) is 72.2 Å². The highest BCUT2D eigenvalue weighted by molar-refractivity contribution is 7.91. The first-order chi connectivity index (χ1) is 8.96. The molecule has 1 unspecified atom stereocenters. The molecule has 0 aromatic carbocycles. The molecule has 1 N–H and O–H groups in total. The highest BCUT2D eigenvalue weighted by Gasteiger charge is 2.31. The van der Waals surface area contributed by atoms with Gasteiger partial charge in [-0.2, -0.15) is 0 Å². The zero-order valence-corrected chi connectivity index (χ0v) is 12.4. The van der Waals surface area contributed by atoms with Crippen LogP contribution in [0.1, 0.15) is 44.3 Å². The summed E-state index contributed by atoms with van der Waals surface area (Å²) in [6, 6.07) is 0.490. The van der Waals surface area contributed by atoms with Gasteiger partial charge in [0.25, 0.3) is 0 Å². The molecule has 1 aromatic rings. The first-order valence-corrected chi connectivity index (χ1v) is 8.67. The first-order valence-electron chi connectivity index (χ1n) is 6.85. The summed E-state index contributed by atoms with van der Waals surface area (Å²) >= 11 is 0. The van der Waals surface area contributed by atoms with E-state index in [1.807, 2.05) is 0 Å². The van der Waals surface area contributed by atoms with Crippen LogP contribution in [0.25, 0.3) is 0 Å². The molecular formula is C13H22N2O3S. The third-order valence-corrected chi connectivity index (χ3v) is 5.09. The lowest BCUT2D eigenvalue weighted by atomic mass is 10.1. The number of nitrogens with zero attached hydrogens (tertiary/aromatic N) is 1. The Hall–Kier alpha value is -0.880. The van der Waals surface area contributed by atoms with Gasteiger partial charge in [-0.3, -0.25) is 0 Å². The molecule has 0 saturated carbocycles. The monoisotopic (exact) mass is 286 g/mol. The largest absolute Gasteiger partial charge is 0.445 e. The van der Waals surface area contributed by atoms with Crippen molar-refractivity contribution in [3.63, 3.8) is 0 Å². The van der Waals surface area contributed by atoms with Gasteiger partial charge in [-0.15, -0.1) is 0 Å². The van der Waals surface area contributed by atoms with Gasteiger partial charge < -0.3 is 9.73 Å². The lowest BCUT2D eigenvalue weighted by Gasteiger charge is -2.06. The molecule has 2 heterocycles. The Morgan fingerprint density at radius 2 is 2.32 bits per heavy atom. The minimum absolute atomic E-state index is 0.0000361. The number of aryl methyl sites for hydroxylation is 1. The van der Waals surface area contributed by atoms with Crippen LogP contribution in [0, 0.1) is 0 Å². The van der Waals surface area contributed by atoms with Gasteiger partial charge in [-0.1, -0.05) is 13.8 Å². The van der Waals surface area contributed by atoms with E-state index in [9.17, 15) is 8.42 Å². The number of nitrogens with one attached hydrogen (secondary N) is 1. The Kier molecular flexibility index (Phi) is 4.62. The zero-order valence-electron chi connectivity index (χ0n) is 11.6. The van der Waals surface area contributed by atoms with Crippen LogP contribution in [0.3, 0.4) is 0 Å². The lowest BCUT2D eigenvalue weighted by molar-refractivity contribution is 0.424. The second kappa shape index (κ2) is 6.05. The molecule has 1 saturated heterocycles. The minimum Gasteiger partial charge on any atom is -0.445 e. The summed E-state index contributed by atoms with van der Waals surface area (Å²) in [5.41, 5.74) is 0. The molecule has 0 radical (unpaired) electrons. The van der Waals surface area contributed by atoms with E-state index in [4.69, 9.17) is 4.42 Å². The smallest absolute Gasteiger partial charge is 0.194 e. The number of hydrogen-bond acceptors (Lipinski definition) is 5. The minimum atomic E-state index is -2.86. The van der Waals surface area contributed by atoms with Crippen molar-refractivity contribution < 1.29 is 12.8 Å². The molecule has 2 rings (SSSR count). The normalized spacial score (nSPS) is 22.2. The Bertz CT molecular complexity index is 508. The van der Waals surface area contributed by atoms with E-state index in [0.29, 0.717) is 18.4 Å². The third kappa shape index (κ3) is 4.31. The van der Waals surface area contributed by atoms with Crippen LogP contribution in [0.15, 0.2) is 10.6 Å². The summed E-state index contributed by atoms with van der Waals surface area (Å²) in [6.45, 7) is 5.17. The molecule has 5 nitrogen and oxygen atoms in total. The van der Waals surface area contributed by atoms with Gasteiger partial charge in [0.05, 0.1) is 17.7 Å². The summed E-state index contributed by atoms with van der Waals surface area (Å²) in [7, 11) is -2.86. The Morgan fingerprint density at radius 3 is 2.95 bits per heavy atom. The van der Waals surface area contributed by atoms with Crippen LogP contribution < -0.4 is 5.32 Å². The summed E-state index contributed by atoms with van der Waals surface area (Å²) in [5.74, 6) is 1.92.